The van der Waals surface area contributed by atoms with Crippen molar-refractivity contribution >= 4 is 11.3 Å². The van der Waals surface area contributed by atoms with Gasteiger partial charge in [-0.1, -0.05) is 5.21 Å². The molecule has 0 unspecified atom stereocenters. The van der Waals surface area contributed by atoms with Gasteiger partial charge in [0.1, 0.15) is 0 Å². The third-order valence-corrected chi connectivity index (χ3v) is 2.59. The third kappa shape index (κ3) is 1.97. The van der Waals surface area contributed by atoms with Crippen molar-refractivity contribution in [2.45, 2.75) is 19.5 Å². The lowest BCUT2D eigenvalue weighted by Crippen LogP contribution is -2.05. The molecule has 0 spiro atoms. The number of hydrogen-bond donors (Lipinski definition) is 1. The predicted octanol–water partition coefficient (Wildman–Crippen LogP) is 0.803. The van der Waals surface area contributed by atoms with E-state index in [2.05, 4.69) is 15.3 Å². The highest BCUT2D eigenvalue weighted by Crippen LogP contribution is 2.09. The monoisotopic (exact) mass is 209 g/mol. The van der Waals surface area contributed by atoms with E-state index in [4.69, 9.17) is 5.73 Å². The minimum absolute atomic E-state index is 0.0646. The van der Waals surface area contributed by atoms with Crippen LogP contribution in [0.2, 0.25) is 0 Å². The maximum Gasteiger partial charge on any atom is 0.0991 e. The van der Waals surface area contributed by atoms with Crippen LogP contribution in [0, 0.1) is 0 Å². The van der Waals surface area contributed by atoms with E-state index in [9.17, 15) is 0 Å². The van der Waals surface area contributed by atoms with E-state index in [-0.39, 0.29) is 6.04 Å². The summed E-state index contributed by atoms with van der Waals surface area (Å²) in [6.45, 7) is 2.60. The van der Waals surface area contributed by atoms with Crippen molar-refractivity contribution in [3.05, 3.63) is 28.5 Å². The summed E-state index contributed by atoms with van der Waals surface area (Å²) in [5.41, 5.74) is 8.29. The second-order valence-corrected chi connectivity index (χ2v) is 4.07. The molecule has 6 heteroatoms. The van der Waals surface area contributed by atoms with Crippen molar-refractivity contribution in [2.24, 2.45) is 5.73 Å². The molecular weight excluding hydrogens is 198 g/mol. The first-order valence-electron chi connectivity index (χ1n) is 4.28. The second-order valence-electron chi connectivity index (χ2n) is 3.10. The summed E-state index contributed by atoms with van der Waals surface area (Å²) in [5.74, 6) is 0. The van der Waals surface area contributed by atoms with Gasteiger partial charge in [-0.2, -0.15) is 0 Å². The zero-order valence-corrected chi connectivity index (χ0v) is 8.61. The van der Waals surface area contributed by atoms with Crippen LogP contribution in [0.5, 0.6) is 0 Å². The lowest BCUT2D eigenvalue weighted by atomic mass is 10.3. The summed E-state index contributed by atoms with van der Waals surface area (Å²) in [6, 6.07) is -0.0646. The average molecular weight is 209 g/mol. The van der Waals surface area contributed by atoms with Gasteiger partial charge < -0.3 is 5.73 Å². The van der Waals surface area contributed by atoms with E-state index in [0.717, 1.165) is 10.6 Å². The zero-order valence-electron chi connectivity index (χ0n) is 7.79. The number of thiazole rings is 1. The predicted molar refractivity (Wildman–Crippen MR) is 53.8 cm³/mol. The first-order valence-corrected chi connectivity index (χ1v) is 5.16. The Labute approximate surface area is 85.6 Å². The number of nitrogens with two attached hydrogens (primary N) is 1. The highest BCUT2D eigenvalue weighted by atomic mass is 32.1. The Kier molecular flexibility index (Phi) is 2.55. The summed E-state index contributed by atoms with van der Waals surface area (Å²) < 4.78 is 1.77. The summed E-state index contributed by atoms with van der Waals surface area (Å²) >= 11 is 1.60. The van der Waals surface area contributed by atoms with E-state index >= 15 is 0 Å². The van der Waals surface area contributed by atoms with Crippen LogP contribution in [0.4, 0.5) is 0 Å². The first kappa shape index (κ1) is 9.29. The molecule has 0 aliphatic carbocycles. The van der Waals surface area contributed by atoms with Gasteiger partial charge in [-0.15, -0.1) is 16.4 Å². The molecule has 0 amide bonds. The highest BCUT2D eigenvalue weighted by Gasteiger charge is 2.05. The minimum Gasteiger partial charge on any atom is -0.323 e. The van der Waals surface area contributed by atoms with Gasteiger partial charge in [-0.25, -0.2) is 4.68 Å². The van der Waals surface area contributed by atoms with Gasteiger partial charge in [0.25, 0.3) is 0 Å². The molecule has 0 aliphatic heterocycles. The fourth-order valence-electron chi connectivity index (χ4n) is 1.08. The molecule has 2 aromatic heterocycles. The van der Waals surface area contributed by atoms with Crippen molar-refractivity contribution < 1.29 is 0 Å². The topological polar surface area (TPSA) is 69.6 Å². The molecule has 2 aromatic rings. The smallest absolute Gasteiger partial charge is 0.0991 e. The summed E-state index contributed by atoms with van der Waals surface area (Å²) in [5, 5.41) is 7.95. The van der Waals surface area contributed by atoms with Crippen LogP contribution in [0.1, 0.15) is 23.5 Å². The van der Waals surface area contributed by atoms with Gasteiger partial charge in [0.05, 0.1) is 23.9 Å². The van der Waals surface area contributed by atoms with Gasteiger partial charge in [-0.05, 0) is 6.92 Å². The van der Waals surface area contributed by atoms with E-state index in [0.29, 0.717) is 6.54 Å². The van der Waals surface area contributed by atoms with Crippen LogP contribution in [0.25, 0.3) is 0 Å². The molecule has 1 atom stereocenters. The summed E-state index contributed by atoms with van der Waals surface area (Å²) in [6.07, 6.45) is 3.70. The largest absolute Gasteiger partial charge is 0.323 e. The van der Waals surface area contributed by atoms with Gasteiger partial charge in [0.2, 0.25) is 0 Å². The lowest BCUT2D eigenvalue weighted by molar-refractivity contribution is 0.653. The SMILES string of the molecule is C[C@H](N)c1cn(Cc2cncs2)nn1. The Hall–Kier alpha value is -1.27. The van der Waals surface area contributed by atoms with Crippen molar-refractivity contribution in [3.63, 3.8) is 0 Å². The van der Waals surface area contributed by atoms with E-state index in [1.165, 1.54) is 0 Å². The Bertz CT molecular complexity index is 392. The summed E-state index contributed by atoms with van der Waals surface area (Å²) in [7, 11) is 0. The second kappa shape index (κ2) is 3.85. The van der Waals surface area contributed by atoms with Crippen LogP contribution in [-0.4, -0.2) is 20.0 Å². The fraction of sp³-hybridized carbons (Fsp3) is 0.375. The van der Waals surface area contributed by atoms with Crippen LogP contribution < -0.4 is 5.73 Å². The first-order chi connectivity index (χ1) is 6.75. The lowest BCUT2D eigenvalue weighted by Gasteiger charge is -1.96. The molecule has 0 saturated heterocycles. The maximum atomic E-state index is 5.67. The van der Waals surface area contributed by atoms with Gasteiger partial charge >= 0.3 is 0 Å². The zero-order chi connectivity index (χ0) is 9.97. The Morgan fingerprint density at radius 1 is 1.64 bits per heavy atom. The van der Waals surface area contributed by atoms with Crippen molar-refractivity contribution in [1.29, 1.82) is 0 Å². The Morgan fingerprint density at radius 2 is 2.50 bits per heavy atom. The Balaban J connectivity index is 2.11. The quantitative estimate of drug-likeness (QED) is 0.811. The molecule has 5 nitrogen and oxygen atoms in total. The standard InChI is InChI=1S/C8H11N5S/c1-6(9)8-4-13(12-11-8)3-7-2-10-5-14-7/h2,4-6H,3,9H2,1H3/t6-/m0/s1. The minimum atomic E-state index is -0.0646. The molecule has 0 saturated carbocycles. The van der Waals surface area contributed by atoms with Crippen LogP contribution >= 0.6 is 11.3 Å². The fourth-order valence-corrected chi connectivity index (χ4v) is 1.66. The van der Waals surface area contributed by atoms with Crippen molar-refractivity contribution in [2.75, 3.05) is 0 Å². The molecule has 0 radical (unpaired) electrons. The summed E-state index contributed by atoms with van der Waals surface area (Å²) in [4.78, 5) is 5.15. The number of aromatic nitrogens is 4. The van der Waals surface area contributed by atoms with Gasteiger partial charge in [-0.3, -0.25) is 4.98 Å². The van der Waals surface area contributed by atoms with Crippen molar-refractivity contribution in [3.8, 4) is 0 Å². The van der Waals surface area contributed by atoms with E-state index in [1.807, 2.05) is 19.3 Å². The molecule has 0 aliphatic rings. The molecule has 14 heavy (non-hydrogen) atoms. The molecule has 74 valence electrons. The molecule has 2 N–H and O–H groups in total. The third-order valence-electron chi connectivity index (χ3n) is 1.82. The molecular formula is C8H11N5S. The van der Waals surface area contributed by atoms with Gasteiger partial charge in [0.15, 0.2) is 0 Å². The molecule has 2 heterocycles. The van der Waals surface area contributed by atoms with Crippen LogP contribution in [0.3, 0.4) is 0 Å². The van der Waals surface area contributed by atoms with E-state index < -0.39 is 0 Å². The molecule has 2 rings (SSSR count). The molecule has 0 aromatic carbocycles. The van der Waals surface area contributed by atoms with Gasteiger partial charge in [0, 0.05) is 17.1 Å². The van der Waals surface area contributed by atoms with Crippen LogP contribution in [0.15, 0.2) is 17.9 Å². The average Bonchev–Trinajstić information content (AvgIpc) is 2.75. The highest BCUT2D eigenvalue weighted by molar-refractivity contribution is 7.09. The number of nitrogens with zero attached hydrogens (tertiary/aromatic N) is 4. The normalized spacial score (nSPS) is 13.0. The number of hydrogen-bond acceptors (Lipinski definition) is 5. The Morgan fingerprint density at radius 3 is 3.07 bits per heavy atom. The number of rotatable bonds is 3. The van der Waals surface area contributed by atoms with Crippen molar-refractivity contribution in [1.82, 2.24) is 20.0 Å². The maximum absolute atomic E-state index is 5.67. The molecule has 0 bridgehead atoms. The van der Waals surface area contributed by atoms with E-state index in [1.54, 1.807) is 21.5 Å². The molecule has 0 fully saturated rings. The van der Waals surface area contributed by atoms with Crippen LogP contribution in [-0.2, 0) is 6.54 Å².